The lowest BCUT2D eigenvalue weighted by Crippen LogP contribution is -2.52. The highest BCUT2D eigenvalue weighted by Crippen LogP contribution is 2.19. The van der Waals surface area contributed by atoms with Gasteiger partial charge in [-0.15, -0.1) is 0 Å². The number of rotatable bonds is 2. The van der Waals surface area contributed by atoms with Gasteiger partial charge in [0.05, 0.1) is 30.4 Å². The zero-order valence-corrected chi connectivity index (χ0v) is 11.2. The molecule has 2 atom stereocenters. The molecule has 1 aromatic rings. The molecule has 1 amide bonds. The summed E-state index contributed by atoms with van der Waals surface area (Å²) in [5.41, 5.74) is 0.243. The van der Waals surface area contributed by atoms with Crippen LogP contribution >= 0.6 is 11.6 Å². The second-order valence-corrected chi connectivity index (χ2v) is 4.98. The Morgan fingerprint density at radius 2 is 2.37 bits per heavy atom. The average Bonchev–Trinajstić information content (AvgIpc) is 2.41. The molecule has 1 fully saturated rings. The molecule has 1 saturated heterocycles. The summed E-state index contributed by atoms with van der Waals surface area (Å²) in [6.07, 6.45) is -0.391. The van der Waals surface area contributed by atoms with Crippen LogP contribution in [0.4, 0.5) is 4.39 Å². The van der Waals surface area contributed by atoms with Crippen LogP contribution in [0.2, 0.25) is 5.02 Å². The Kier molecular flexibility index (Phi) is 4.39. The number of aliphatic hydroxyl groups excluding tert-OH is 1. The number of amides is 1. The van der Waals surface area contributed by atoms with Gasteiger partial charge in [-0.25, -0.2) is 4.39 Å². The van der Waals surface area contributed by atoms with Gasteiger partial charge in [0.2, 0.25) is 0 Å². The van der Waals surface area contributed by atoms with Gasteiger partial charge in [0.25, 0.3) is 5.91 Å². The maximum absolute atomic E-state index is 13.4. The predicted molar refractivity (Wildman–Crippen MR) is 68.7 cm³/mol. The van der Waals surface area contributed by atoms with E-state index in [0.717, 1.165) is 6.07 Å². The van der Waals surface area contributed by atoms with E-state index < -0.39 is 11.9 Å². The van der Waals surface area contributed by atoms with Crippen LogP contribution in [0.3, 0.4) is 0 Å². The van der Waals surface area contributed by atoms with Crippen molar-refractivity contribution in [2.24, 2.45) is 0 Å². The van der Waals surface area contributed by atoms with E-state index in [-0.39, 0.29) is 29.1 Å². The Labute approximate surface area is 115 Å². The van der Waals surface area contributed by atoms with Gasteiger partial charge in [0, 0.05) is 12.1 Å². The number of carbonyl (C=O) groups excluding carboxylic acids is 1. The number of nitrogens with zero attached hydrogens (tertiary/aromatic N) is 1. The van der Waals surface area contributed by atoms with Gasteiger partial charge in [0.15, 0.2) is 0 Å². The van der Waals surface area contributed by atoms with Crippen LogP contribution in [-0.4, -0.2) is 47.8 Å². The Bertz CT molecular complexity index is 483. The minimum atomic E-state index is -0.618. The molecule has 2 rings (SSSR count). The van der Waals surface area contributed by atoms with Crippen molar-refractivity contribution in [2.45, 2.75) is 19.1 Å². The van der Waals surface area contributed by atoms with Gasteiger partial charge >= 0.3 is 0 Å². The van der Waals surface area contributed by atoms with E-state index in [0.29, 0.717) is 13.2 Å². The first-order valence-electron chi connectivity index (χ1n) is 6.01. The highest BCUT2D eigenvalue weighted by Gasteiger charge is 2.30. The fourth-order valence-corrected chi connectivity index (χ4v) is 2.12. The van der Waals surface area contributed by atoms with Crippen molar-refractivity contribution in [1.82, 2.24) is 4.90 Å². The molecule has 0 aliphatic carbocycles. The molecule has 1 aromatic carbocycles. The van der Waals surface area contributed by atoms with Crippen LogP contribution in [-0.2, 0) is 4.74 Å². The van der Waals surface area contributed by atoms with Crippen molar-refractivity contribution in [2.75, 3.05) is 19.8 Å². The van der Waals surface area contributed by atoms with Crippen molar-refractivity contribution in [3.63, 3.8) is 0 Å². The highest BCUT2D eigenvalue weighted by molar-refractivity contribution is 6.30. The maximum atomic E-state index is 13.4. The lowest BCUT2D eigenvalue weighted by atomic mass is 10.1. The second-order valence-electron chi connectivity index (χ2n) is 4.57. The normalized spacial score (nSPS) is 23.5. The second kappa shape index (κ2) is 5.86. The quantitative estimate of drug-likeness (QED) is 0.901. The van der Waals surface area contributed by atoms with E-state index >= 15 is 0 Å². The average molecular weight is 288 g/mol. The monoisotopic (exact) mass is 287 g/mol. The molecule has 1 heterocycles. The molecule has 4 nitrogen and oxygen atoms in total. The molecule has 0 aromatic heterocycles. The standard InChI is InChI=1S/C13H15ClFNO3/c1-8-7-19-10(6-17)5-16(8)13(18)9-2-3-11(14)12(15)4-9/h2-4,8,10,17H,5-7H2,1H3. The number of hydrogen-bond acceptors (Lipinski definition) is 3. The van der Waals surface area contributed by atoms with E-state index in [4.69, 9.17) is 21.4 Å². The lowest BCUT2D eigenvalue weighted by molar-refractivity contribution is -0.0667. The van der Waals surface area contributed by atoms with Crippen LogP contribution in [0.25, 0.3) is 0 Å². The first-order valence-corrected chi connectivity index (χ1v) is 6.39. The summed E-state index contributed by atoms with van der Waals surface area (Å²) >= 11 is 5.59. The zero-order chi connectivity index (χ0) is 14.0. The molecule has 0 bridgehead atoms. The summed E-state index contributed by atoms with van der Waals surface area (Å²) in [5, 5.41) is 9.07. The number of hydrogen-bond donors (Lipinski definition) is 1. The summed E-state index contributed by atoms with van der Waals surface area (Å²) in [5.74, 6) is -0.906. The SMILES string of the molecule is CC1COC(CO)CN1C(=O)c1ccc(Cl)c(F)c1. The summed E-state index contributed by atoms with van der Waals surface area (Å²) in [7, 11) is 0. The topological polar surface area (TPSA) is 49.8 Å². The van der Waals surface area contributed by atoms with E-state index in [9.17, 15) is 9.18 Å². The van der Waals surface area contributed by atoms with Gasteiger partial charge in [-0.05, 0) is 25.1 Å². The zero-order valence-electron chi connectivity index (χ0n) is 10.5. The predicted octanol–water partition coefficient (Wildman–Crippen LogP) is 1.70. The van der Waals surface area contributed by atoms with Crippen LogP contribution in [0, 0.1) is 5.82 Å². The largest absolute Gasteiger partial charge is 0.394 e. The van der Waals surface area contributed by atoms with Crippen LogP contribution in [0.15, 0.2) is 18.2 Å². The molecule has 1 N–H and O–H groups in total. The van der Waals surface area contributed by atoms with Crippen LogP contribution < -0.4 is 0 Å². The number of halogens is 2. The number of aliphatic hydroxyl groups is 1. The molecule has 104 valence electrons. The first-order chi connectivity index (χ1) is 9.02. The number of carbonyl (C=O) groups is 1. The number of benzene rings is 1. The smallest absolute Gasteiger partial charge is 0.254 e. The molecular formula is C13H15ClFNO3. The molecule has 6 heteroatoms. The van der Waals surface area contributed by atoms with Gasteiger partial charge in [-0.1, -0.05) is 11.6 Å². The summed E-state index contributed by atoms with van der Waals surface area (Å²) in [4.78, 5) is 13.9. The van der Waals surface area contributed by atoms with Crippen LogP contribution in [0.5, 0.6) is 0 Å². The third-order valence-electron chi connectivity index (χ3n) is 3.14. The number of morpholine rings is 1. The summed E-state index contributed by atoms with van der Waals surface area (Å²) < 4.78 is 18.7. The molecule has 0 spiro atoms. The Morgan fingerprint density at radius 1 is 1.63 bits per heavy atom. The van der Waals surface area contributed by atoms with E-state index in [1.54, 1.807) is 4.90 Å². The maximum Gasteiger partial charge on any atom is 0.254 e. The minimum absolute atomic E-state index is 0.0141. The molecular weight excluding hydrogens is 273 g/mol. The Morgan fingerprint density at radius 3 is 3.00 bits per heavy atom. The fraction of sp³-hybridized carbons (Fsp3) is 0.462. The highest BCUT2D eigenvalue weighted by atomic mass is 35.5. The van der Waals surface area contributed by atoms with E-state index in [1.165, 1.54) is 12.1 Å². The fourth-order valence-electron chi connectivity index (χ4n) is 2.01. The van der Waals surface area contributed by atoms with Gasteiger partial charge < -0.3 is 14.7 Å². The molecule has 1 aliphatic heterocycles. The third-order valence-corrected chi connectivity index (χ3v) is 3.44. The lowest BCUT2D eigenvalue weighted by Gasteiger charge is -2.37. The third kappa shape index (κ3) is 3.05. The molecule has 1 aliphatic rings. The molecule has 0 radical (unpaired) electrons. The van der Waals surface area contributed by atoms with E-state index in [1.807, 2.05) is 6.92 Å². The van der Waals surface area contributed by atoms with Gasteiger partial charge in [-0.2, -0.15) is 0 Å². The molecule has 0 saturated carbocycles. The van der Waals surface area contributed by atoms with Gasteiger partial charge in [-0.3, -0.25) is 4.79 Å². The molecule has 2 unspecified atom stereocenters. The van der Waals surface area contributed by atoms with Crippen molar-refractivity contribution in [3.05, 3.63) is 34.6 Å². The summed E-state index contributed by atoms with van der Waals surface area (Å²) in [6.45, 7) is 2.34. The first kappa shape index (κ1) is 14.2. The summed E-state index contributed by atoms with van der Waals surface area (Å²) in [6, 6.07) is 3.86. The van der Waals surface area contributed by atoms with Gasteiger partial charge in [0.1, 0.15) is 5.82 Å². The number of ether oxygens (including phenoxy) is 1. The van der Waals surface area contributed by atoms with Crippen molar-refractivity contribution < 1.29 is 19.0 Å². The van der Waals surface area contributed by atoms with E-state index in [2.05, 4.69) is 0 Å². The van der Waals surface area contributed by atoms with Crippen molar-refractivity contribution in [3.8, 4) is 0 Å². The molecule has 19 heavy (non-hydrogen) atoms. The van der Waals surface area contributed by atoms with Crippen LogP contribution in [0.1, 0.15) is 17.3 Å². The minimum Gasteiger partial charge on any atom is -0.394 e. The Balaban J connectivity index is 2.19. The Hall–Kier alpha value is -1.17. The van der Waals surface area contributed by atoms with Crippen molar-refractivity contribution >= 4 is 17.5 Å². The van der Waals surface area contributed by atoms with Crippen molar-refractivity contribution in [1.29, 1.82) is 0 Å².